The highest BCUT2D eigenvalue weighted by Gasteiger charge is 2.27. The molecule has 0 aromatic heterocycles. The maximum atomic E-state index is 11.4. The van der Waals surface area contributed by atoms with Crippen molar-refractivity contribution in [2.75, 3.05) is 0 Å². The smallest absolute Gasteiger partial charge is 0.307 e. The first-order chi connectivity index (χ1) is 6.90. The molecule has 1 fully saturated rings. The number of carbonyl (C=O) groups is 2. The highest BCUT2D eigenvalue weighted by molar-refractivity contribution is 5.74. The SMILES string of the molecule is CC(C)(C)OC(=O)C[C@H](C=O)CC1CC1. The molecular weight excluding hydrogens is 192 g/mol. The van der Waals surface area contributed by atoms with Crippen molar-refractivity contribution < 1.29 is 14.3 Å². The molecule has 0 amide bonds. The minimum atomic E-state index is -0.454. The molecule has 0 radical (unpaired) electrons. The molecule has 0 unspecified atom stereocenters. The van der Waals surface area contributed by atoms with Crippen molar-refractivity contribution in [1.82, 2.24) is 0 Å². The Balaban J connectivity index is 2.30. The third-order valence-electron chi connectivity index (χ3n) is 2.37. The van der Waals surface area contributed by atoms with Gasteiger partial charge in [-0.15, -0.1) is 0 Å². The van der Waals surface area contributed by atoms with Gasteiger partial charge >= 0.3 is 5.97 Å². The highest BCUT2D eigenvalue weighted by Crippen LogP contribution is 2.35. The van der Waals surface area contributed by atoms with E-state index in [-0.39, 0.29) is 18.3 Å². The molecule has 0 spiro atoms. The van der Waals surface area contributed by atoms with Crippen LogP contribution in [0.15, 0.2) is 0 Å². The van der Waals surface area contributed by atoms with Gasteiger partial charge in [-0.05, 0) is 33.1 Å². The zero-order valence-electron chi connectivity index (χ0n) is 9.79. The second-order valence-electron chi connectivity index (χ2n) is 5.37. The van der Waals surface area contributed by atoms with Gasteiger partial charge < -0.3 is 9.53 Å². The molecule has 86 valence electrons. The molecule has 0 aromatic rings. The second kappa shape index (κ2) is 4.77. The molecule has 0 aliphatic heterocycles. The molecule has 0 N–H and O–H groups in total. The molecule has 1 rings (SSSR count). The predicted octanol–water partition coefficient (Wildman–Crippen LogP) is 2.33. The normalized spacial score (nSPS) is 18.3. The van der Waals surface area contributed by atoms with E-state index in [1.807, 2.05) is 20.8 Å². The third-order valence-corrected chi connectivity index (χ3v) is 2.37. The van der Waals surface area contributed by atoms with E-state index in [4.69, 9.17) is 4.74 Å². The Morgan fingerprint density at radius 1 is 1.47 bits per heavy atom. The van der Waals surface area contributed by atoms with Crippen LogP contribution in [0, 0.1) is 11.8 Å². The van der Waals surface area contributed by atoms with E-state index in [1.54, 1.807) is 0 Å². The molecule has 1 atom stereocenters. The molecular formula is C12H20O3. The summed E-state index contributed by atoms with van der Waals surface area (Å²) in [7, 11) is 0. The second-order valence-corrected chi connectivity index (χ2v) is 5.37. The van der Waals surface area contributed by atoms with Crippen LogP contribution in [-0.4, -0.2) is 17.9 Å². The minimum Gasteiger partial charge on any atom is -0.460 e. The van der Waals surface area contributed by atoms with Gasteiger partial charge in [-0.1, -0.05) is 12.8 Å². The van der Waals surface area contributed by atoms with Crippen LogP contribution in [0.3, 0.4) is 0 Å². The first-order valence-corrected chi connectivity index (χ1v) is 5.58. The summed E-state index contributed by atoms with van der Waals surface area (Å²) in [4.78, 5) is 22.2. The van der Waals surface area contributed by atoms with Crippen molar-refractivity contribution in [2.45, 2.75) is 52.1 Å². The first-order valence-electron chi connectivity index (χ1n) is 5.58. The molecule has 3 nitrogen and oxygen atoms in total. The monoisotopic (exact) mass is 212 g/mol. The van der Waals surface area contributed by atoms with Crippen molar-refractivity contribution in [3.63, 3.8) is 0 Å². The largest absolute Gasteiger partial charge is 0.460 e. The molecule has 1 aliphatic rings. The maximum Gasteiger partial charge on any atom is 0.307 e. The number of hydrogen-bond acceptors (Lipinski definition) is 3. The van der Waals surface area contributed by atoms with Crippen molar-refractivity contribution in [3.8, 4) is 0 Å². The van der Waals surface area contributed by atoms with Gasteiger partial charge in [-0.2, -0.15) is 0 Å². The molecule has 1 aliphatic carbocycles. The van der Waals surface area contributed by atoms with Gasteiger partial charge in [0.05, 0.1) is 6.42 Å². The average molecular weight is 212 g/mol. The number of esters is 1. The highest BCUT2D eigenvalue weighted by atomic mass is 16.6. The maximum absolute atomic E-state index is 11.4. The van der Waals surface area contributed by atoms with Crippen molar-refractivity contribution in [1.29, 1.82) is 0 Å². The third kappa shape index (κ3) is 5.55. The fourth-order valence-corrected chi connectivity index (χ4v) is 1.57. The molecule has 15 heavy (non-hydrogen) atoms. The number of hydrogen-bond donors (Lipinski definition) is 0. The summed E-state index contributed by atoms with van der Waals surface area (Å²) in [5, 5.41) is 0. The van der Waals surface area contributed by atoms with Gasteiger partial charge in [0.15, 0.2) is 0 Å². The standard InChI is InChI=1S/C12H20O3/c1-12(2,3)15-11(14)7-10(8-13)6-9-4-5-9/h8-10H,4-7H2,1-3H3/t10-/m1/s1. The zero-order valence-corrected chi connectivity index (χ0v) is 9.79. The van der Waals surface area contributed by atoms with E-state index in [2.05, 4.69) is 0 Å². The fourth-order valence-electron chi connectivity index (χ4n) is 1.57. The lowest BCUT2D eigenvalue weighted by Crippen LogP contribution is -2.25. The van der Waals surface area contributed by atoms with E-state index < -0.39 is 5.60 Å². The average Bonchev–Trinajstić information content (AvgIpc) is 2.83. The number of carbonyl (C=O) groups excluding carboxylic acids is 2. The van der Waals surface area contributed by atoms with Crippen LogP contribution in [0.4, 0.5) is 0 Å². The number of rotatable bonds is 5. The Kier molecular flexibility index (Phi) is 3.89. The fraction of sp³-hybridized carbons (Fsp3) is 0.833. The Hall–Kier alpha value is -0.860. The summed E-state index contributed by atoms with van der Waals surface area (Å²) in [6, 6.07) is 0. The van der Waals surface area contributed by atoms with Gasteiger partial charge in [0.25, 0.3) is 0 Å². The molecule has 0 bridgehead atoms. The lowest BCUT2D eigenvalue weighted by atomic mass is 10.0. The van der Waals surface area contributed by atoms with Crippen LogP contribution in [-0.2, 0) is 14.3 Å². The molecule has 0 saturated heterocycles. The molecule has 3 heteroatoms. The Bertz CT molecular complexity index is 236. The summed E-state index contributed by atoms with van der Waals surface area (Å²) in [5.74, 6) is 0.259. The lowest BCUT2D eigenvalue weighted by molar-refractivity contribution is -0.156. The van der Waals surface area contributed by atoms with Crippen LogP contribution in [0.5, 0.6) is 0 Å². The van der Waals surface area contributed by atoms with Gasteiger partial charge in [-0.3, -0.25) is 4.79 Å². The van der Waals surface area contributed by atoms with E-state index in [1.165, 1.54) is 12.8 Å². The number of aldehydes is 1. The summed E-state index contributed by atoms with van der Waals surface area (Å²) < 4.78 is 5.17. The lowest BCUT2D eigenvalue weighted by Gasteiger charge is -2.20. The van der Waals surface area contributed by atoms with Gasteiger partial charge in [0.1, 0.15) is 11.9 Å². The number of ether oxygens (including phenoxy) is 1. The first kappa shape index (κ1) is 12.2. The van der Waals surface area contributed by atoms with Crippen LogP contribution < -0.4 is 0 Å². The van der Waals surface area contributed by atoms with Gasteiger partial charge in [0.2, 0.25) is 0 Å². The Labute approximate surface area is 91.2 Å². The molecule has 1 saturated carbocycles. The van der Waals surface area contributed by atoms with Crippen LogP contribution in [0.1, 0.15) is 46.5 Å². The quantitative estimate of drug-likeness (QED) is 0.519. The van der Waals surface area contributed by atoms with E-state index in [0.29, 0.717) is 5.92 Å². The Morgan fingerprint density at radius 3 is 2.47 bits per heavy atom. The summed E-state index contributed by atoms with van der Waals surface area (Å²) in [6.45, 7) is 5.51. The van der Waals surface area contributed by atoms with Crippen LogP contribution >= 0.6 is 0 Å². The predicted molar refractivity (Wildman–Crippen MR) is 57.4 cm³/mol. The van der Waals surface area contributed by atoms with Crippen molar-refractivity contribution in [3.05, 3.63) is 0 Å². The Morgan fingerprint density at radius 2 is 2.07 bits per heavy atom. The van der Waals surface area contributed by atoms with Crippen LogP contribution in [0.25, 0.3) is 0 Å². The summed E-state index contributed by atoms with van der Waals surface area (Å²) >= 11 is 0. The van der Waals surface area contributed by atoms with Gasteiger partial charge in [0, 0.05) is 5.92 Å². The minimum absolute atomic E-state index is 0.146. The molecule has 0 aromatic carbocycles. The van der Waals surface area contributed by atoms with E-state index >= 15 is 0 Å². The van der Waals surface area contributed by atoms with E-state index in [0.717, 1.165) is 12.7 Å². The van der Waals surface area contributed by atoms with Crippen molar-refractivity contribution in [2.24, 2.45) is 11.8 Å². The summed E-state index contributed by atoms with van der Waals surface area (Å²) in [6.07, 6.45) is 4.39. The molecule has 0 heterocycles. The van der Waals surface area contributed by atoms with Gasteiger partial charge in [-0.25, -0.2) is 0 Å². The summed E-state index contributed by atoms with van der Waals surface area (Å²) in [5.41, 5.74) is -0.454. The van der Waals surface area contributed by atoms with E-state index in [9.17, 15) is 9.59 Å². The van der Waals surface area contributed by atoms with Crippen molar-refractivity contribution >= 4 is 12.3 Å². The van der Waals surface area contributed by atoms with Crippen LogP contribution in [0.2, 0.25) is 0 Å². The topological polar surface area (TPSA) is 43.4 Å². The zero-order chi connectivity index (χ0) is 11.5.